The summed E-state index contributed by atoms with van der Waals surface area (Å²) in [5, 5.41) is 9.37. The van der Waals surface area contributed by atoms with Gasteiger partial charge in [-0.1, -0.05) is 31.4 Å². The Hall–Kier alpha value is -2.24. The second kappa shape index (κ2) is 9.91. The van der Waals surface area contributed by atoms with Crippen molar-refractivity contribution >= 4 is 11.9 Å². The molecule has 1 amide bonds. The highest BCUT2D eigenvalue weighted by Crippen LogP contribution is 2.19. The summed E-state index contributed by atoms with van der Waals surface area (Å²) in [6.07, 6.45) is 5.88. The summed E-state index contributed by atoms with van der Waals surface area (Å²) in [5.74, 6) is 1.46. The summed E-state index contributed by atoms with van der Waals surface area (Å²) in [6, 6.07) is 6.41. The van der Waals surface area contributed by atoms with Crippen LogP contribution in [0.3, 0.4) is 0 Å². The molecule has 0 spiro atoms. The molecule has 25 heavy (non-hydrogen) atoms. The van der Waals surface area contributed by atoms with Gasteiger partial charge in [0.1, 0.15) is 5.75 Å². The van der Waals surface area contributed by atoms with Gasteiger partial charge < -0.3 is 20.7 Å². The molecule has 0 radical (unpaired) electrons. The van der Waals surface area contributed by atoms with E-state index in [2.05, 4.69) is 20.9 Å². The predicted octanol–water partition coefficient (Wildman–Crippen LogP) is 2.12. The molecule has 0 bridgehead atoms. The lowest BCUT2D eigenvalue weighted by molar-refractivity contribution is -0.120. The summed E-state index contributed by atoms with van der Waals surface area (Å²) < 4.78 is 5.41. The van der Waals surface area contributed by atoms with E-state index in [1.165, 1.54) is 19.3 Å². The van der Waals surface area contributed by atoms with E-state index < -0.39 is 0 Å². The van der Waals surface area contributed by atoms with Crippen LogP contribution in [-0.2, 0) is 11.3 Å². The predicted molar refractivity (Wildman–Crippen MR) is 101 cm³/mol. The minimum atomic E-state index is 0.0165. The van der Waals surface area contributed by atoms with Crippen molar-refractivity contribution < 1.29 is 9.53 Å². The molecular formula is C19H30N4O2. The number of carbonyl (C=O) groups is 1. The van der Waals surface area contributed by atoms with Crippen molar-refractivity contribution in [3.05, 3.63) is 29.3 Å². The molecule has 0 heterocycles. The standard InChI is InChI=1S/C19H30N4O2/c1-14-9-10-15(17(11-14)25-3)12-21-19(20-2)22-13-18(24)23-16-7-5-4-6-8-16/h9-11,16H,4-8,12-13H2,1-3H3,(H,23,24)(H2,20,21,22). The number of nitrogens with zero attached hydrogens (tertiary/aromatic N) is 1. The van der Waals surface area contributed by atoms with Crippen LogP contribution in [0.2, 0.25) is 0 Å². The quantitative estimate of drug-likeness (QED) is 0.545. The third-order valence-electron chi connectivity index (χ3n) is 4.50. The van der Waals surface area contributed by atoms with Crippen LogP contribution in [0, 0.1) is 6.92 Å². The van der Waals surface area contributed by atoms with Crippen LogP contribution in [0.1, 0.15) is 43.2 Å². The summed E-state index contributed by atoms with van der Waals surface area (Å²) in [7, 11) is 3.36. The molecule has 1 fully saturated rings. The fourth-order valence-electron chi connectivity index (χ4n) is 3.09. The van der Waals surface area contributed by atoms with E-state index in [4.69, 9.17) is 4.74 Å². The van der Waals surface area contributed by atoms with Gasteiger partial charge in [-0.25, -0.2) is 0 Å². The zero-order valence-electron chi connectivity index (χ0n) is 15.5. The van der Waals surface area contributed by atoms with E-state index >= 15 is 0 Å². The SMILES string of the molecule is CN=C(NCC(=O)NC1CCCCC1)NCc1ccc(C)cc1OC. The highest BCUT2D eigenvalue weighted by Gasteiger charge is 2.15. The third-order valence-corrected chi connectivity index (χ3v) is 4.50. The van der Waals surface area contributed by atoms with Gasteiger partial charge in [0.25, 0.3) is 0 Å². The van der Waals surface area contributed by atoms with Gasteiger partial charge in [0, 0.05) is 25.2 Å². The molecule has 1 aromatic carbocycles. The molecule has 1 saturated carbocycles. The molecule has 6 nitrogen and oxygen atoms in total. The zero-order chi connectivity index (χ0) is 18.1. The maximum atomic E-state index is 12.1. The van der Waals surface area contributed by atoms with E-state index in [0.717, 1.165) is 29.7 Å². The molecule has 1 aliphatic carbocycles. The number of guanidine groups is 1. The van der Waals surface area contributed by atoms with Crippen LogP contribution >= 0.6 is 0 Å². The van der Waals surface area contributed by atoms with Crippen molar-refractivity contribution in [3.63, 3.8) is 0 Å². The van der Waals surface area contributed by atoms with Crippen molar-refractivity contribution in [3.8, 4) is 5.75 Å². The normalized spacial score (nSPS) is 15.6. The lowest BCUT2D eigenvalue weighted by Crippen LogP contribution is -2.45. The number of aryl methyl sites for hydroxylation is 1. The molecule has 0 unspecified atom stereocenters. The minimum Gasteiger partial charge on any atom is -0.496 e. The summed E-state index contributed by atoms with van der Waals surface area (Å²) in [6.45, 7) is 2.83. The molecule has 0 saturated heterocycles. The molecule has 3 N–H and O–H groups in total. The Balaban J connectivity index is 1.77. The third kappa shape index (κ3) is 6.29. The molecule has 1 aliphatic rings. The average molecular weight is 346 g/mol. The molecule has 1 aromatic rings. The second-order valence-electron chi connectivity index (χ2n) is 6.50. The first-order valence-electron chi connectivity index (χ1n) is 8.99. The Bertz CT molecular complexity index is 595. The maximum Gasteiger partial charge on any atom is 0.239 e. The summed E-state index contributed by atoms with van der Waals surface area (Å²) >= 11 is 0. The Kier molecular flexibility index (Phi) is 7.57. The average Bonchev–Trinajstić information content (AvgIpc) is 2.63. The summed E-state index contributed by atoms with van der Waals surface area (Å²) in [4.78, 5) is 16.2. The monoisotopic (exact) mass is 346 g/mol. The number of aliphatic imine (C=N–C) groups is 1. The lowest BCUT2D eigenvalue weighted by Gasteiger charge is -2.23. The van der Waals surface area contributed by atoms with E-state index in [1.807, 2.05) is 25.1 Å². The number of benzene rings is 1. The molecule has 0 aliphatic heterocycles. The second-order valence-corrected chi connectivity index (χ2v) is 6.50. The van der Waals surface area contributed by atoms with Gasteiger partial charge in [-0.05, 0) is 31.4 Å². The van der Waals surface area contributed by atoms with Gasteiger partial charge in [-0.15, -0.1) is 0 Å². The first-order chi connectivity index (χ1) is 12.1. The van der Waals surface area contributed by atoms with Crippen LogP contribution in [-0.4, -0.2) is 38.6 Å². The number of hydrogen-bond donors (Lipinski definition) is 3. The largest absolute Gasteiger partial charge is 0.496 e. The van der Waals surface area contributed by atoms with Gasteiger partial charge in [-0.2, -0.15) is 0 Å². The topological polar surface area (TPSA) is 74.8 Å². The van der Waals surface area contributed by atoms with Gasteiger partial charge in [-0.3, -0.25) is 9.79 Å². The Labute approximate surface area is 150 Å². The van der Waals surface area contributed by atoms with E-state index in [0.29, 0.717) is 18.5 Å². The number of ether oxygens (including phenoxy) is 1. The van der Waals surface area contributed by atoms with Crippen molar-refractivity contribution in [1.29, 1.82) is 0 Å². The first kappa shape index (κ1) is 19.1. The van der Waals surface area contributed by atoms with Gasteiger partial charge in [0.05, 0.1) is 13.7 Å². The van der Waals surface area contributed by atoms with Crippen molar-refractivity contribution in [2.75, 3.05) is 20.7 Å². The smallest absolute Gasteiger partial charge is 0.239 e. The fourth-order valence-corrected chi connectivity index (χ4v) is 3.09. The molecular weight excluding hydrogens is 316 g/mol. The van der Waals surface area contributed by atoms with E-state index in [-0.39, 0.29) is 12.5 Å². The van der Waals surface area contributed by atoms with Crippen LogP contribution in [0.15, 0.2) is 23.2 Å². The molecule has 6 heteroatoms. The molecule has 0 atom stereocenters. The van der Waals surface area contributed by atoms with Gasteiger partial charge in [0.2, 0.25) is 5.91 Å². The lowest BCUT2D eigenvalue weighted by atomic mass is 9.95. The molecule has 138 valence electrons. The minimum absolute atomic E-state index is 0.0165. The van der Waals surface area contributed by atoms with Gasteiger partial charge >= 0.3 is 0 Å². The Morgan fingerprint density at radius 3 is 2.68 bits per heavy atom. The van der Waals surface area contributed by atoms with E-state index in [9.17, 15) is 4.79 Å². The van der Waals surface area contributed by atoms with Gasteiger partial charge in [0.15, 0.2) is 5.96 Å². The number of nitrogens with one attached hydrogen (secondary N) is 3. The number of methoxy groups -OCH3 is 1. The Morgan fingerprint density at radius 2 is 2.00 bits per heavy atom. The van der Waals surface area contributed by atoms with Crippen molar-refractivity contribution in [1.82, 2.24) is 16.0 Å². The van der Waals surface area contributed by atoms with Crippen LogP contribution in [0.5, 0.6) is 5.75 Å². The summed E-state index contributed by atoms with van der Waals surface area (Å²) in [5.41, 5.74) is 2.20. The van der Waals surface area contributed by atoms with E-state index in [1.54, 1.807) is 14.2 Å². The Morgan fingerprint density at radius 1 is 1.24 bits per heavy atom. The van der Waals surface area contributed by atoms with Crippen LogP contribution in [0.4, 0.5) is 0 Å². The molecule has 0 aromatic heterocycles. The zero-order valence-corrected chi connectivity index (χ0v) is 15.5. The van der Waals surface area contributed by atoms with Crippen molar-refractivity contribution in [2.45, 2.75) is 51.6 Å². The number of rotatable bonds is 6. The molecule has 2 rings (SSSR count). The highest BCUT2D eigenvalue weighted by atomic mass is 16.5. The van der Waals surface area contributed by atoms with Crippen LogP contribution < -0.4 is 20.7 Å². The number of hydrogen-bond acceptors (Lipinski definition) is 3. The number of amides is 1. The fraction of sp³-hybridized carbons (Fsp3) is 0.579. The first-order valence-corrected chi connectivity index (χ1v) is 8.99. The number of carbonyl (C=O) groups excluding carboxylic acids is 1. The maximum absolute atomic E-state index is 12.1. The van der Waals surface area contributed by atoms with Crippen LogP contribution in [0.25, 0.3) is 0 Å². The highest BCUT2D eigenvalue weighted by molar-refractivity contribution is 5.86. The van der Waals surface area contributed by atoms with Crippen molar-refractivity contribution in [2.24, 2.45) is 4.99 Å².